The highest BCUT2D eigenvalue weighted by Gasteiger charge is 2.05. The number of nitrogens with zero attached hydrogens (tertiary/aromatic N) is 7. The Kier molecular flexibility index (Phi) is 5.14. The summed E-state index contributed by atoms with van der Waals surface area (Å²) in [5.41, 5.74) is 3.95. The van der Waals surface area contributed by atoms with Crippen LogP contribution in [0.4, 0.5) is 0 Å². The van der Waals surface area contributed by atoms with Crippen molar-refractivity contribution in [1.82, 2.24) is 40.3 Å². The third kappa shape index (κ3) is 4.44. The fraction of sp³-hybridized carbons (Fsp3) is 0.158. The van der Waals surface area contributed by atoms with Crippen molar-refractivity contribution >= 4 is 5.91 Å². The van der Waals surface area contributed by atoms with E-state index in [4.69, 9.17) is 0 Å². The number of carbonyl (C=O) groups is 1. The normalized spacial score (nSPS) is 10.7. The molecule has 0 spiro atoms. The molecule has 4 aromatic rings. The molecule has 9 nitrogen and oxygen atoms in total. The fourth-order valence-electron chi connectivity index (χ4n) is 2.76. The van der Waals surface area contributed by atoms with Gasteiger partial charge in [-0.2, -0.15) is 5.10 Å². The van der Waals surface area contributed by atoms with Crippen LogP contribution in [0.15, 0.2) is 67.5 Å². The van der Waals surface area contributed by atoms with E-state index in [-0.39, 0.29) is 5.91 Å². The lowest BCUT2D eigenvalue weighted by atomic mass is 10.1. The Labute approximate surface area is 161 Å². The lowest BCUT2D eigenvalue weighted by Gasteiger charge is -2.07. The molecule has 0 unspecified atom stereocenters. The van der Waals surface area contributed by atoms with Gasteiger partial charge in [0, 0.05) is 6.54 Å². The zero-order valence-electron chi connectivity index (χ0n) is 15.0. The average molecular weight is 374 g/mol. The summed E-state index contributed by atoms with van der Waals surface area (Å²) < 4.78 is 3.33. The highest BCUT2D eigenvalue weighted by molar-refractivity contribution is 5.78. The number of nitrogens with one attached hydrogen (secondary N) is 1. The second-order valence-electron chi connectivity index (χ2n) is 6.28. The van der Waals surface area contributed by atoms with Crippen LogP contribution in [0.1, 0.15) is 16.7 Å². The van der Waals surface area contributed by atoms with Crippen LogP contribution in [0.3, 0.4) is 0 Å². The van der Waals surface area contributed by atoms with Gasteiger partial charge in [-0.1, -0.05) is 36.4 Å². The third-order valence-corrected chi connectivity index (χ3v) is 4.24. The van der Waals surface area contributed by atoms with E-state index in [0.29, 0.717) is 19.5 Å². The van der Waals surface area contributed by atoms with E-state index in [1.165, 1.54) is 12.7 Å². The van der Waals surface area contributed by atoms with E-state index in [2.05, 4.69) is 30.9 Å². The van der Waals surface area contributed by atoms with Gasteiger partial charge in [0.1, 0.15) is 19.0 Å². The van der Waals surface area contributed by atoms with Crippen molar-refractivity contribution in [3.8, 4) is 5.69 Å². The highest BCUT2D eigenvalue weighted by atomic mass is 16.1. The molecule has 2 aromatic heterocycles. The molecule has 0 aliphatic rings. The quantitative estimate of drug-likeness (QED) is 0.521. The summed E-state index contributed by atoms with van der Waals surface area (Å²) in [5, 5.41) is 18.1. The topological polar surface area (TPSA) is 103 Å². The van der Waals surface area contributed by atoms with Crippen molar-refractivity contribution in [1.29, 1.82) is 0 Å². The Morgan fingerprint density at radius 2 is 1.68 bits per heavy atom. The molecule has 9 heteroatoms. The Bertz CT molecular complexity index is 1010. The standard InChI is InChI=1S/C19H18N8O/c28-19(9-15-5-7-18(8-6-15)27-14-22-24-25-27)21-10-16-1-3-17(4-2-16)11-26-13-20-12-23-26/h1-8,12-14H,9-11H2,(H,21,28). The second kappa shape index (κ2) is 8.21. The molecule has 1 N–H and O–H groups in total. The minimum Gasteiger partial charge on any atom is -0.352 e. The van der Waals surface area contributed by atoms with Crippen LogP contribution in [0, 0.1) is 0 Å². The summed E-state index contributed by atoms with van der Waals surface area (Å²) >= 11 is 0. The first-order chi connectivity index (χ1) is 13.8. The zero-order valence-corrected chi connectivity index (χ0v) is 15.0. The monoisotopic (exact) mass is 374 g/mol. The van der Waals surface area contributed by atoms with E-state index >= 15 is 0 Å². The average Bonchev–Trinajstić information content (AvgIpc) is 3.42. The molecule has 0 saturated carbocycles. The Morgan fingerprint density at radius 3 is 2.36 bits per heavy atom. The smallest absolute Gasteiger partial charge is 0.224 e. The maximum absolute atomic E-state index is 12.2. The lowest BCUT2D eigenvalue weighted by Crippen LogP contribution is -2.24. The van der Waals surface area contributed by atoms with Gasteiger partial charge < -0.3 is 5.32 Å². The first-order valence-electron chi connectivity index (χ1n) is 8.75. The number of aromatic nitrogens is 7. The number of carbonyl (C=O) groups excluding carboxylic acids is 1. The van der Waals surface area contributed by atoms with Crippen molar-refractivity contribution in [2.45, 2.75) is 19.5 Å². The molecule has 0 aliphatic heterocycles. The number of amides is 1. The third-order valence-electron chi connectivity index (χ3n) is 4.24. The number of hydrogen-bond donors (Lipinski definition) is 1. The molecule has 2 aromatic carbocycles. The van der Waals surface area contributed by atoms with Gasteiger partial charge >= 0.3 is 0 Å². The van der Waals surface area contributed by atoms with Gasteiger partial charge in [0.2, 0.25) is 5.91 Å². The first-order valence-corrected chi connectivity index (χ1v) is 8.75. The SMILES string of the molecule is O=C(Cc1ccc(-n2cnnn2)cc1)NCc1ccc(Cn2cncn2)cc1. The molecule has 4 rings (SSSR count). The summed E-state index contributed by atoms with van der Waals surface area (Å²) in [6, 6.07) is 15.6. The molecule has 0 saturated heterocycles. The van der Waals surface area contributed by atoms with Crippen molar-refractivity contribution < 1.29 is 4.79 Å². The number of benzene rings is 2. The first kappa shape index (κ1) is 17.5. The molecule has 0 atom stereocenters. The molecule has 1 amide bonds. The van der Waals surface area contributed by atoms with Gasteiger partial charge in [-0.05, 0) is 39.2 Å². The predicted octanol–water partition coefficient (Wildman–Crippen LogP) is 1.16. The molecule has 140 valence electrons. The molecular formula is C19H18N8O. The van der Waals surface area contributed by atoms with Crippen LogP contribution in [0.2, 0.25) is 0 Å². The van der Waals surface area contributed by atoms with Gasteiger partial charge in [-0.25, -0.2) is 14.3 Å². The van der Waals surface area contributed by atoms with E-state index in [0.717, 1.165) is 22.4 Å². The lowest BCUT2D eigenvalue weighted by molar-refractivity contribution is -0.120. The Morgan fingerprint density at radius 1 is 0.929 bits per heavy atom. The fourth-order valence-corrected chi connectivity index (χ4v) is 2.76. The zero-order chi connectivity index (χ0) is 19.2. The molecule has 0 aliphatic carbocycles. The number of hydrogen-bond acceptors (Lipinski definition) is 6. The summed E-state index contributed by atoms with van der Waals surface area (Å²) in [7, 11) is 0. The maximum Gasteiger partial charge on any atom is 0.224 e. The molecule has 2 heterocycles. The van der Waals surface area contributed by atoms with Crippen molar-refractivity contribution in [3.63, 3.8) is 0 Å². The van der Waals surface area contributed by atoms with Crippen LogP contribution in [0.5, 0.6) is 0 Å². The van der Waals surface area contributed by atoms with E-state index in [1.807, 2.05) is 48.5 Å². The number of tetrazole rings is 1. The Balaban J connectivity index is 1.27. The van der Waals surface area contributed by atoms with Crippen LogP contribution in [-0.2, 0) is 24.3 Å². The minimum atomic E-state index is -0.0261. The van der Waals surface area contributed by atoms with Crippen molar-refractivity contribution in [2.75, 3.05) is 0 Å². The van der Waals surface area contributed by atoms with Crippen LogP contribution in [0.25, 0.3) is 5.69 Å². The van der Waals surface area contributed by atoms with Crippen molar-refractivity contribution in [3.05, 3.63) is 84.2 Å². The second-order valence-corrected chi connectivity index (χ2v) is 6.28. The molecule has 28 heavy (non-hydrogen) atoms. The molecule has 0 bridgehead atoms. The largest absolute Gasteiger partial charge is 0.352 e. The summed E-state index contributed by atoms with van der Waals surface area (Å²) in [4.78, 5) is 16.1. The van der Waals surface area contributed by atoms with Crippen molar-refractivity contribution in [2.24, 2.45) is 0 Å². The summed E-state index contributed by atoms with van der Waals surface area (Å²) in [6.07, 6.45) is 5.05. The molecular weight excluding hydrogens is 356 g/mol. The highest BCUT2D eigenvalue weighted by Crippen LogP contribution is 2.09. The van der Waals surface area contributed by atoms with E-state index in [1.54, 1.807) is 15.7 Å². The van der Waals surface area contributed by atoms with Gasteiger partial charge in [0.05, 0.1) is 18.7 Å². The summed E-state index contributed by atoms with van der Waals surface area (Å²) in [6.45, 7) is 1.17. The van der Waals surface area contributed by atoms with Gasteiger partial charge in [-0.3, -0.25) is 4.79 Å². The van der Waals surface area contributed by atoms with E-state index < -0.39 is 0 Å². The number of rotatable bonds is 7. The maximum atomic E-state index is 12.2. The van der Waals surface area contributed by atoms with E-state index in [9.17, 15) is 4.79 Å². The molecule has 0 fully saturated rings. The van der Waals surface area contributed by atoms with Gasteiger partial charge in [0.15, 0.2) is 0 Å². The van der Waals surface area contributed by atoms with Gasteiger partial charge in [0.25, 0.3) is 0 Å². The van der Waals surface area contributed by atoms with Crippen LogP contribution < -0.4 is 5.32 Å². The minimum absolute atomic E-state index is 0.0261. The summed E-state index contributed by atoms with van der Waals surface area (Å²) in [5.74, 6) is -0.0261. The van der Waals surface area contributed by atoms with Crippen LogP contribution in [-0.4, -0.2) is 40.9 Å². The molecule has 0 radical (unpaired) electrons. The Hall–Kier alpha value is -3.88. The van der Waals surface area contributed by atoms with Gasteiger partial charge in [-0.15, -0.1) is 5.10 Å². The van der Waals surface area contributed by atoms with Crippen LogP contribution >= 0.6 is 0 Å². The predicted molar refractivity (Wildman–Crippen MR) is 100 cm³/mol.